The first kappa shape index (κ1) is 19.6. The second-order valence-corrected chi connectivity index (χ2v) is 8.61. The topological polar surface area (TPSA) is 77.8 Å². The molecule has 4 nitrogen and oxygen atoms in total. The van der Waals surface area contributed by atoms with Crippen molar-refractivity contribution in [2.45, 2.75) is 82.8 Å². The molecule has 0 spiro atoms. The van der Waals surface area contributed by atoms with Gasteiger partial charge in [-0.1, -0.05) is 43.1 Å². The summed E-state index contributed by atoms with van der Waals surface area (Å²) in [5.41, 5.74) is 1.43. The van der Waals surface area contributed by atoms with Crippen LogP contribution in [0.1, 0.15) is 70.6 Å². The zero-order valence-electron chi connectivity index (χ0n) is 15.7. The number of aliphatic hydroxyl groups is 2. The van der Waals surface area contributed by atoms with Gasteiger partial charge >= 0.3 is 5.97 Å². The quantitative estimate of drug-likeness (QED) is 0.449. The van der Waals surface area contributed by atoms with Crippen LogP contribution in [0.25, 0.3) is 0 Å². The summed E-state index contributed by atoms with van der Waals surface area (Å²) in [5, 5.41) is 29.7. The molecule has 5 atom stereocenters. The van der Waals surface area contributed by atoms with Gasteiger partial charge in [0.05, 0.1) is 12.2 Å². The lowest BCUT2D eigenvalue weighted by molar-refractivity contribution is -0.137. The van der Waals surface area contributed by atoms with E-state index in [0.29, 0.717) is 17.8 Å². The summed E-state index contributed by atoms with van der Waals surface area (Å²) in [7, 11) is 0. The third kappa shape index (κ3) is 4.98. The molecule has 2 saturated carbocycles. The molecule has 26 heavy (non-hydrogen) atoms. The van der Waals surface area contributed by atoms with Crippen molar-refractivity contribution in [3.05, 3.63) is 23.8 Å². The average molecular weight is 363 g/mol. The summed E-state index contributed by atoms with van der Waals surface area (Å²) in [6.07, 6.45) is 16.4. The molecule has 4 heteroatoms. The van der Waals surface area contributed by atoms with Crippen LogP contribution < -0.4 is 0 Å². The van der Waals surface area contributed by atoms with E-state index >= 15 is 0 Å². The Labute approximate surface area is 157 Å². The van der Waals surface area contributed by atoms with Crippen molar-refractivity contribution in [1.82, 2.24) is 0 Å². The SMILES string of the molecule is O=C(O)CCCCC1=C[C@H]2C[C@@H](O)[C@H](/C=C/[C@@H](O)C3CCCCC3)[C@H]2C1. The lowest BCUT2D eigenvalue weighted by Gasteiger charge is -2.25. The zero-order chi connectivity index (χ0) is 18.5. The first-order chi connectivity index (χ1) is 12.5. The summed E-state index contributed by atoms with van der Waals surface area (Å²) in [6, 6.07) is 0. The van der Waals surface area contributed by atoms with Crippen LogP contribution in [0.4, 0.5) is 0 Å². The number of allylic oxidation sites excluding steroid dienone is 2. The maximum Gasteiger partial charge on any atom is 0.303 e. The lowest BCUT2D eigenvalue weighted by Crippen LogP contribution is -2.22. The molecule has 0 radical (unpaired) electrons. The van der Waals surface area contributed by atoms with Gasteiger partial charge in [-0.05, 0) is 62.7 Å². The Balaban J connectivity index is 1.49. The van der Waals surface area contributed by atoms with Gasteiger partial charge < -0.3 is 15.3 Å². The molecule has 3 aliphatic rings. The van der Waals surface area contributed by atoms with Gasteiger partial charge in [-0.2, -0.15) is 0 Å². The van der Waals surface area contributed by atoms with E-state index in [-0.39, 0.29) is 24.5 Å². The van der Waals surface area contributed by atoms with E-state index in [1.807, 2.05) is 6.08 Å². The third-order valence-corrected chi connectivity index (χ3v) is 6.75. The highest BCUT2D eigenvalue weighted by Crippen LogP contribution is 2.48. The first-order valence-corrected chi connectivity index (χ1v) is 10.5. The van der Waals surface area contributed by atoms with E-state index in [0.717, 1.165) is 44.9 Å². The second kappa shape index (κ2) is 9.18. The van der Waals surface area contributed by atoms with Crippen molar-refractivity contribution in [2.75, 3.05) is 0 Å². The van der Waals surface area contributed by atoms with Crippen molar-refractivity contribution in [3.63, 3.8) is 0 Å². The Morgan fingerprint density at radius 3 is 2.73 bits per heavy atom. The van der Waals surface area contributed by atoms with Gasteiger partial charge in [0.15, 0.2) is 0 Å². The van der Waals surface area contributed by atoms with Gasteiger partial charge in [0.2, 0.25) is 0 Å². The molecule has 3 rings (SSSR count). The fraction of sp³-hybridized carbons (Fsp3) is 0.773. The predicted molar refractivity (Wildman–Crippen MR) is 102 cm³/mol. The largest absolute Gasteiger partial charge is 0.481 e. The number of carbonyl (C=O) groups is 1. The third-order valence-electron chi connectivity index (χ3n) is 6.75. The van der Waals surface area contributed by atoms with Gasteiger partial charge in [-0.25, -0.2) is 0 Å². The average Bonchev–Trinajstić information content (AvgIpc) is 3.14. The first-order valence-electron chi connectivity index (χ1n) is 10.5. The van der Waals surface area contributed by atoms with Crippen LogP contribution in [0.3, 0.4) is 0 Å². The standard InChI is InChI=1S/C22H34O4/c23-20(16-7-2-1-3-8-16)11-10-18-19-13-15(6-4-5-9-22(25)26)12-17(19)14-21(18)24/h10-12,16-21,23-24H,1-9,13-14H2,(H,25,26)/b11-10+/t17-,18+,19-,20+,21+/m0/s1. The zero-order valence-corrected chi connectivity index (χ0v) is 15.7. The smallest absolute Gasteiger partial charge is 0.303 e. The molecule has 0 bridgehead atoms. The Bertz CT molecular complexity index is 532. The molecular formula is C22H34O4. The van der Waals surface area contributed by atoms with Gasteiger partial charge in [0.1, 0.15) is 0 Å². The molecule has 0 saturated heterocycles. The van der Waals surface area contributed by atoms with E-state index in [1.165, 1.54) is 24.8 Å². The molecular weight excluding hydrogens is 328 g/mol. The molecule has 146 valence electrons. The Morgan fingerprint density at radius 1 is 1.23 bits per heavy atom. The van der Waals surface area contributed by atoms with Crippen LogP contribution in [-0.2, 0) is 4.79 Å². The molecule has 0 aromatic rings. The van der Waals surface area contributed by atoms with Gasteiger partial charge in [0, 0.05) is 12.3 Å². The van der Waals surface area contributed by atoms with E-state index in [4.69, 9.17) is 5.11 Å². The Hall–Kier alpha value is -1.13. The minimum atomic E-state index is -0.716. The Kier molecular flexibility index (Phi) is 6.93. The summed E-state index contributed by atoms with van der Waals surface area (Å²) in [6.45, 7) is 0. The fourth-order valence-corrected chi connectivity index (χ4v) is 5.29. The number of fused-ring (bicyclic) bond motifs is 1. The van der Waals surface area contributed by atoms with Crippen LogP contribution in [0.5, 0.6) is 0 Å². The summed E-state index contributed by atoms with van der Waals surface area (Å²) in [4.78, 5) is 10.6. The van der Waals surface area contributed by atoms with E-state index < -0.39 is 5.97 Å². The monoisotopic (exact) mass is 362 g/mol. The minimum Gasteiger partial charge on any atom is -0.481 e. The van der Waals surface area contributed by atoms with E-state index in [2.05, 4.69) is 12.2 Å². The summed E-state index contributed by atoms with van der Waals surface area (Å²) in [5.74, 6) is 0.717. The molecule has 3 N–H and O–H groups in total. The highest BCUT2D eigenvalue weighted by molar-refractivity contribution is 5.66. The highest BCUT2D eigenvalue weighted by atomic mass is 16.4. The van der Waals surface area contributed by atoms with Crippen LogP contribution in [0.2, 0.25) is 0 Å². The molecule has 3 aliphatic carbocycles. The second-order valence-electron chi connectivity index (χ2n) is 8.61. The number of rotatable bonds is 8. The van der Waals surface area contributed by atoms with E-state index in [1.54, 1.807) is 0 Å². The molecule has 0 aromatic carbocycles. The number of carboxylic acids is 1. The maximum absolute atomic E-state index is 10.6. The predicted octanol–water partition coefficient (Wildman–Crippen LogP) is 4.07. The van der Waals surface area contributed by atoms with Crippen LogP contribution in [0, 0.1) is 23.7 Å². The molecule has 0 aromatic heterocycles. The number of hydrogen-bond acceptors (Lipinski definition) is 3. The van der Waals surface area contributed by atoms with Crippen molar-refractivity contribution in [2.24, 2.45) is 23.7 Å². The molecule has 0 unspecified atom stereocenters. The van der Waals surface area contributed by atoms with Crippen LogP contribution in [-0.4, -0.2) is 33.5 Å². The highest BCUT2D eigenvalue weighted by Gasteiger charge is 2.43. The van der Waals surface area contributed by atoms with Gasteiger partial charge in [-0.15, -0.1) is 0 Å². The number of unbranched alkanes of at least 4 members (excludes halogenated alkanes) is 1. The number of hydrogen-bond donors (Lipinski definition) is 3. The van der Waals surface area contributed by atoms with Crippen LogP contribution in [0.15, 0.2) is 23.8 Å². The summed E-state index contributed by atoms with van der Waals surface area (Å²) < 4.78 is 0. The number of aliphatic hydroxyl groups excluding tert-OH is 2. The van der Waals surface area contributed by atoms with Crippen molar-refractivity contribution in [3.8, 4) is 0 Å². The van der Waals surface area contributed by atoms with Gasteiger partial charge in [-0.3, -0.25) is 4.79 Å². The summed E-state index contributed by atoms with van der Waals surface area (Å²) >= 11 is 0. The van der Waals surface area contributed by atoms with Crippen LogP contribution >= 0.6 is 0 Å². The normalized spacial score (nSPS) is 33.4. The Morgan fingerprint density at radius 2 is 2.00 bits per heavy atom. The number of aliphatic carboxylic acids is 1. The molecule has 2 fully saturated rings. The molecule has 0 amide bonds. The van der Waals surface area contributed by atoms with Crippen molar-refractivity contribution >= 4 is 5.97 Å². The van der Waals surface area contributed by atoms with Crippen molar-refractivity contribution < 1.29 is 20.1 Å². The molecule has 0 aliphatic heterocycles. The fourth-order valence-electron chi connectivity index (χ4n) is 5.29. The van der Waals surface area contributed by atoms with E-state index in [9.17, 15) is 15.0 Å². The number of carboxylic acid groups (broad SMARTS) is 1. The minimum absolute atomic E-state index is 0.144. The molecule has 0 heterocycles. The maximum atomic E-state index is 10.6. The lowest BCUT2D eigenvalue weighted by atomic mass is 9.83. The van der Waals surface area contributed by atoms with Crippen molar-refractivity contribution in [1.29, 1.82) is 0 Å². The van der Waals surface area contributed by atoms with Gasteiger partial charge in [0.25, 0.3) is 0 Å².